The molecular weight excluding hydrogens is 417 g/mol. The van der Waals surface area contributed by atoms with E-state index in [1.54, 1.807) is 0 Å². The van der Waals surface area contributed by atoms with E-state index < -0.39 is 38.7 Å². The lowest BCUT2D eigenvalue weighted by atomic mass is 10.2. The summed E-state index contributed by atoms with van der Waals surface area (Å²) in [6.07, 6.45) is -0.680. The summed E-state index contributed by atoms with van der Waals surface area (Å²) >= 11 is 11.9. The van der Waals surface area contributed by atoms with Crippen molar-refractivity contribution < 1.29 is 23.1 Å². The van der Waals surface area contributed by atoms with E-state index in [1.807, 2.05) is 6.07 Å². The summed E-state index contributed by atoms with van der Waals surface area (Å²) in [6.45, 7) is -0.377. The predicted molar refractivity (Wildman–Crippen MR) is 96.3 cm³/mol. The number of benzene rings is 1. The van der Waals surface area contributed by atoms with Crippen LogP contribution in [0, 0.1) is 11.3 Å². The van der Waals surface area contributed by atoms with E-state index in [9.17, 15) is 23.1 Å². The molecule has 8 nitrogen and oxygen atoms in total. The number of carboxylic acid groups (broad SMARTS) is 1. The number of carbonyl (C=O) groups excluding carboxylic acids is 1. The van der Waals surface area contributed by atoms with E-state index in [0.717, 1.165) is 4.90 Å². The monoisotopic (exact) mass is 431 g/mol. The van der Waals surface area contributed by atoms with Crippen LogP contribution in [0.5, 0.6) is 0 Å². The first kappa shape index (κ1) is 19.7. The molecule has 1 aliphatic heterocycles. The third kappa shape index (κ3) is 3.57. The van der Waals surface area contributed by atoms with E-state index in [1.165, 1.54) is 18.2 Å². The third-order valence-corrected chi connectivity index (χ3v) is 7.90. The van der Waals surface area contributed by atoms with Crippen LogP contribution in [0.2, 0.25) is 10.0 Å². The number of carbonyl (C=O) groups is 2. The molecule has 2 fully saturated rings. The first-order valence-corrected chi connectivity index (χ1v) is 10.3. The van der Waals surface area contributed by atoms with E-state index in [-0.39, 0.29) is 27.9 Å². The number of nitriles is 1. The van der Waals surface area contributed by atoms with Crippen molar-refractivity contribution in [1.29, 1.82) is 5.26 Å². The van der Waals surface area contributed by atoms with Gasteiger partial charge < -0.3 is 10.4 Å². The SMILES string of the molecule is N#CC1(NC(=O)[C@@H]2C[C@@H](S(=O)(=O)c3cccc(Cl)c3Cl)CN2C(=O)O)CC1. The maximum Gasteiger partial charge on any atom is 0.408 e. The summed E-state index contributed by atoms with van der Waals surface area (Å²) in [5.74, 6) is -0.675. The van der Waals surface area contributed by atoms with Gasteiger partial charge in [0.15, 0.2) is 9.84 Å². The van der Waals surface area contributed by atoms with E-state index in [4.69, 9.17) is 28.5 Å². The van der Waals surface area contributed by atoms with Crippen LogP contribution in [-0.2, 0) is 14.6 Å². The Kier molecular flexibility index (Phi) is 5.01. The molecule has 2 aliphatic rings. The maximum atomic E-state index is 13.0. The zero-order valence-corrected chi connectivity index (χ0v) is 16.2. The third-order valence-electron chi connectivity index (χ3n) is 4.80. The summed E-state index contributed by atoms with van der Waals surface area (Å²) in [5, 5.41) is 19.8. The van der Waals surface area contributed by atoms with Crippen molar-refractivity contribution in [3.63, 3.8) is 0 Å². The summed E-state index contributed by atoms with van der Waals surface area (Å²) in [4.78, 5) is 24.6. The molecule has 11 heteroatoms. The Labute approximate surface area is 165 Å². The van der Waals surface area contributed by atoms with E-state index in [0.29, 0.717) is 12.8 Å². The number of amides is 2. The highest BCUT2D eigenvalue weighted by atomic mass is 35.5. The van der Waals surface area contributed by atoms with Gasteiger partial charge in [0.2, 0.25) is 5.91 Å². The Morgan fingerprint density at radius 2 is 2.00 bits per heavy atom. The average Bonchev–Trinajstić information content (AvgIpc) is 3.21. The smallest absolute Gasteiger partial charge is 0.408 e. The van der Waals surface area contributed by atoms with Crippen LogP contribution in [0.1, 0.15) is 19.3 Å². The molecule has 0 spiro atoms. The van der Waals surface area contributed by atoms with Gasteiger partial charge >= 0.3 is 6.09 Å². The van der Waals surface area contributed by atoms with Gasteiger partial charge in [-0.05, 0) is 31.4 Å². The van der Waals surface area contributed by atoms with Gasteiger partial charge in [-0.25, -0.2) is 13.2 Å². The topological polar surface area (TPSA) is 128 Å². The van der Waals surface area contributed by atoms with Gasteiger partial charge in [0.05, 0.1) is 26.3 Å². The lowest BCUT2D eigenvalue weighted by Crippen LogP contribution is -2.49. The number of rotatable bonds is 4. The van der Waals surface area contributed by atoms with E-state index in [2.05, 4.69) is 5.32 Å². The molecule has 0 radical (unpaired) electrons. The van der Waals surface area contributed by atoms with Gasteiger partial charge in [-0.2, -0.15) is 5.26 Å². The summed E-state index contributed by atoms with van der Waals surface area (Å²) in [5.41, 5.74) is -0.978. The van der Waals surface area contributed by atoms with Crippen LogP contribution in [0.4, 0.5) is 4.79 Å². The molecule has 2 atom stereocenters. The Morgan fingerprint density at radius 3 is 2.56 bits per heavy atom. The Balaban J connectivity index is 1.88. The number of nitrogens with one attached hydrogen (secondary N) is 1. The minimum Gasteiger partial charge on any atom is -0.465 e. The highest BCUT2D eigenvalue weighted by Crippen LogP contribution is 2.37. The van der Waals surface area contributed by atoms with Gasteiger partial charge in [0, 0.05) is 6.54 Å². The lowest BCUT2D eigenvalue weighted by Gasteiger charge is -2.21. The molecule has 0 aromatic heterocycles. The molecule has 0 bridgehead atoms. The van der Waals surface area contributed by atoms with Crippen molar-refractivity contribution in [3.05, 3.63) is 28.2 Å². The van der Waals surface area contributed by atoms with Crippen LogP contribution >= 0.6 is 23.2 Å². The molecule has 144 valence electrons. The van der Waals surface area contributed by atoms with Crippen molar-refractivity contribution in [2.24, 2.45) is 0 Å². The number of hydrogen-bond donors (Lipinski definition) is 2. The van der Waals surface area contributed by atoms with Gasteiger partial charge in [-0.15, -0.1) is 0 Å². The number of halogens is 2. The molecule has 2 N–H and O–H groups in total. The van der Waals surface area contributed by atoms with Gasteiger partial charge in [-0.1, -0.05) is 29.3 Å². The lowest BCUT2D eigenvalue weighted by molar-refractivity contribution is -0.125. The first-order chi connectivity index (χ1) is 12.6. The summed E-state index contributed by atoms with van der Waals surface area (Å²) in [6, 6.07) is 4.94. The fourth-order valence-electron chi connectivity index (χ4n) is 3.07. The zero-order chi connectivity index (χ0) is 20.0. The largest absolute Gasteiger partial charge is 0.465 e. The Morgan fingerprint density at radius 1 is 1.33 bits per heavy atom. The molecule has 1 aromatic rings. The molecule has 1 saturated carbocycles. The highest BCUT2D eigenvalue weighted by molar-refractivity contribution is 7.92. The zero-order valence-electron chi connectivity index (χ0n) is 13.9. The van der Waals surface area contributed by atoms with Crippen LogP contribution < -0.4 is 5.32 Å². The molecule has 27 heavy (non-hydrogen) atoms. The quantitative estimate of drug-likeness (QED) is 0.750. The number of hydrogen-bond acceptors (Lipinski definition) is 5. The van der Waals surface area contributed by atoms with Crippen LogP contribution in [0.15, 0.2) is 23.1 Å². The van der Waals surface area contributed by atoms with Crippen molar-refractivity contribution in [2.75, 3.05) is 6.54 Å². The normalized spacial score (nSPS) is 23.5. The minimum absolute atomic E-state index is 0.0600. The minimum atomic E-state index is -4.02. The Hall–Kier alpha value is -2.02. The molecular formula is C16H15Cl2N3O5S. The number of nitrogens with zero attached hydrogens (tertiary/aromatic N) is 2. The Bertz CT molecular complexity index is 955. The highest BCUT2D eigenvalue weighted by Gasteiger charge is 2.50. The fourth-order valence-corrected chi connectivity index (χ4v) is 5.53. The second-order valence-electron chi connectivity index (χ2n) is 6.59. The van der Waals surface area contributed by atoms with Gasteiger partial charge in [-0.3, -0.25) is 9.69 Å². The molecule has 1 aromatic carbocycles. The van der Waals surface area contributed by atoms with Crippen molar-refractivity contribution in [3.8, 4) is 6.07 Å². The van der Waals surface area contributed by atoms with Crippen LogP contribution in [0.3, 0.4) is 0 Å². The predicted octanol–water partition coefficient (Wildman–Crippen LogP) is 2.06. The number of sulfone groups is 1. The van der Waals surface area contributed by atoms with Crippen molar-refractivity contribution in [2.45, 2.75) is 41.0 Å². The molecule has 1 heterocycles. The van der Waals surface area contributed by atoms with Crippen LogP contribution in [0.25, 0.3) is 0 Å². The standard InChI is InChI=1S/C16H15Cl2N3O5S/c17-10-2-1-3-12(13(10)18)27(25,26)9-6-11(21(7-9)15(23)24)14(22)20-16(8-19)4-5-16/h1-3,9,11H,4-7H2,(H,20,22)(H,23,24)/t9-,11+/m1/s1. The fraction of sp³-hybridized carbons (Fsp3) is 0.438. The second-order valence-corrected chi connectivity index (χ2v) is 9.57. The summed E-state index contributed by atoms with van der Waals surface area (Å²) < 4.78 is 25.9. The molecule has 1 saturated heterocycles. The first-order valence-electron chi connectivity index (χ1n) is 8.02. The van der Waals surface area contributed by atoms with Crippen LogP contribution in [-0.4, -0.2) is 53.8 Å². The van der Waals surface area contributed by atoms with Gasteiger partial charge in [0.1, 0.15) is 11.6 Å². The molecule has 3 rings (SSSR count). The molecule has 1 aliphatic carbocycles. The van der Waals surface area contributed by atoms with Gasteiger partial charge in [0.25, 0.3) is 0 Å². The summed E-state index contributed by atoms with van der Waals surface area (Å²) in [7, 11) is -4.02. The average molecular weight is 432 g/mol. The maximum absolute atomic E-state index is 13.0. The van der Waals surface area contributed by atoms with E-state index >= 15 is 0 Å². The van der Waals surface area contributed by atoms with Crippen molar-refractivity contribution in [1.82, 2.24) is 10.2 Å². The van der Waals surface area contributed by atoms with Crippen molar-refractivity contribution >= 4 is 45.0 Å². The molecule has 0 unspecified atom stereocenters. The molecule has 2 amide bonds. The number of likely N-dealkylation sites (tertiary alicyclic amines) is 1. The second kappa shape index (κ2) is 6.86.